The number of rotatable bonds is 3. The van der Waals surface area contributed by atoms with Gasteiger partial charge in [0.15, 0.2) is 5.03 Å². The van der Waals surface area contributed by atoms with E-state index in [1.54, 1.807) is 0 Å². The maximum absolute atomic E-state index is 10.9. The molecule has 14 heavy (non-hydrogen) atoms. The Labute approximate surface area is 79.0 Å². The van der Waals surface area contributed by atoms with Crippen molar-refractivity contribution in [3.63, 3.8) is 0 Å². The number of sulfonamides is 1. The SMILES string of the molecule is O=C(O)c1ccc(S(=O)(=O)NO)nc1. The predicted octanol–water partition coefficient (Wildman–Crippen LogP) is -0.553. The molecule has 0 radical (unpaired) electrons. The van der Waals surface area contributed by atoms with Crippen molar-refractivity contribution in [3.05, 3.63) is 23.9 Å². The molecule has 0 aromatic carbocycles. The molecular weight excluding hydrogens is 212 g/mol. The molecule has 0 bridgehead atoms. The normalized spacial score (nSPS) is 11.2. The fourth-order valence-electron chi connectivity index (χ4n) is 0.713. The standard InChI is InChI=1S/C6H6N2O5S/c9-6(10)4-1-2-5(7-3-4)14(12,13)8-11/h1-3,8,11H,(H,9,10). The molecule has 1 heterocycles. The molecule has 0 atom stereocenters. The van der Waals surface area contributed by atoms with Crippen LogP contribution >= 0.6 is 0 Å². The van der Waals surface area contributed by atoms with Crippen molar-refractivity contribution in [1.29, 1.82) is 0 Å². The number of aromatic carboxylic acids is 1. The topological polar surface area (TPSA) is 117 Å². The van der Waals surface area contributed by atoms with Crippen molar-refractivity contribution in [2.45, 2.75) is 5.03 Å². The van der Waals surface area contributed by atoms with Crippen LogP contribution in [0.1, 0.15) is 10.4 Å². The molecule has 1 aromatic heterocycles. The Morgan fingerprint density at radius 1 is 1.43 bits per heavy atom. The van der Waals surface area contributed by atoms with Gasteiger partial charge in [-0.05, 0) is 12.1 Å². The molecule has 1 aromatic rings. The fourth-order valence-corrected chi connectivity index (χ4v) is 1.24. The van der Waals surface area contributed by atoms with Crippen LogP contribution in [0.2, 0.25) is 0 Å². The van der Waals surface area contributed by atoms with Gasteiger partial charge in [-0.15, -0.1) is 0 Å². The van der Waals surface area contributed by atoms with E-state index in [2.05, 4.69) is 4.98 Å². The Morgan fingerprint density at radius 2 is 2.07 bits per heavy atom. The van der Waals surface area contributed by atoms with Crippen LogP contribution in [-0.2, 0) is 10.0 Å². The number of carboxylic acid groups (broad SMARTS) is 1. The minimum atomic E-state index is -4.04. The average molecular weight is 218 g/mol. The summed E-state index contributed by atoms with van der Waals surface area (Å²) in [6.45, 7) is 0. The van der Waals surface area contributed by atoms with E-state index in [9.17, 15) is 13.2 Å². The summed E-state index contributed by atoms with van der Waals surface area (Å²) < 4.78 is 21.8. The zero-order valence-electron chi connectivity index (χ0n) is 6.71. The fraction of sp³-hybridized carbons (Fsp3) is 0. The number of hydrogen-bond acceptors (Lipinski definition) is 5. The molecule has 0 fully saturated rings. The summed E-state index contributed by atoms with van der Waals surface area (Å²) in [5.74, 6) is -1.21. The number of nitrogens with zero attached hydrogens (tertiary/aromatic N) is 1. The molecule has 0 saturated carbocycles. The number of hydrogen-bond donors (Lipinski definition) is 3. The second-order valence-electron chi connectivity index (χ2n) is 2.28. The number of nitrogens with one attached hydrogen (secondary N) is 1. The lowest BCUT2D eigenvalue weighted by molar-refractivity contribution is 0.0696. The summed E-state index contributed by atoms with van der Waals surface area (Å²) in [7, 11) is -4.04. The first-order valence-electron chi connectivity index (χ1n) is 3.32. The van der Waals surface area contributed by atoms with Crippen LogP contribution in [0.15, 0.2) is 23.4 Å². The van der Waals surface area contributed by atoms with Gasteiger partial charge in [0, 0.05) is 6.20 Å². The Balaban J connectivity index is 3.12. The number of carbonyl (C=O) groups is 1. The summed E-state index contributed by atoms with van der Waals surface area (Å²) in [6, 6.07) is 2.04. The highest BCUT2D eigenvalue weighted by molar-refractivity contribution is 7.89. The van der Waals surface area contributed by atoms with Crippen LogP contribution in [0.4, 0.5) is 0 Å². The van der Waals surface area contributed by atoms with Gasteiger partial charge in [-0.3, -0.25) is 0 Å². The molecule has 8 heteroatoms. The van der Waals surface area contributed by atoms with E-state index in [0.717, 1.165) is 23.2 Å². The highest BCUT2D eigenvalue weighted by atomic mass is 32.2. The average Bonchev–Trinajstić information content (AvgIpc) is 2.18. The molecule has 0 saturated heterocycles. The zero-order valence-corrected chi connectivity index (χ0v) is 7.52. The number of aromatic nitrogens is 1. The van der Waals surface area contributed by atoms with Gasteiger partial charge in [0.2, 0.25) is 0 Å². The first-order valence-corrected chi connectivity index (χ1v) is 4.81. The van der Waals surface area contributed by atoms with Crippen LogP contribution in [0.3, 0.4) is 0 Å². The van der Waals surface area contributed by atoms with Crippen molar-refractivity contribution in [3.8, 4) is 0 Å². The Kier molecular flexibility index (Phi) is 2.79. The van der Waals surface area contributed by atoms with Crippen molar-refractivity contribution < 1.29 is 23.5 Å². The van der Waals surface area contributed by atoms with Gasteiger partial charge in [0.25, 0.3) is 10.0 Å². The molecule has 76 valence electrons. The highest BCUT2D eigenvalue weighted by Gasteiger charge is 2.14. The summed E-state index contributed by atoms with van der Waals surface area (Å²) in [5.41, 5.74) is -0.137. The second kappa shape index (κ2) is 3.70. The van der Waals surface area contributed by atoms with Gasteiger partial charge in [-0.25, -0.2) is 18.2 Å². The smallest absolute Gasteiger partial charge is 0.337 e. The van der Waals surface area contributed by atoms with E-state index in [1.165, 1.54) is 0 Å². The van der Waals surface area contributed by atoms with Crippen LogP contribution in [0, 0.1) is 0 Å². The molecule has 7 nitrogen and oxygen atoms in total. The molecule has 3 N–H and O–H groups in total. The molecule has 0 spiro atoms. The lowest BCUT2D eigenvalue weighted by Gasteiger charge is -1.99. The Bertz CT molecular complexity index is 438. The number of pyridine rings is 1. The van der Waals surface area contributed by atoms with Gasteiger partial charge < -0.3 is 10.3 Å². The molecule has 1 rings (SSSR count). The third-order valence-corrected chi connectivity index (χ3v) is 2.41. The van der Waals surface area contributed by atoms with Crippen LogP contribution in [0.5, 0.6) is 0 Å². The van der Waals surface area contributed by atoms with E-state index in [1.807, 2.05) is 0 Å². The predicted molar refractivity (Wildman–Crippen MR) is 43.3 cm³/mol. The quantitative estimate of drug-likeness (QED) is 0.586. The molecule has 0 amide bonds. The summed E-state index contributed by atoms with van der Waals surface area (Å²) in [5, 5.41) is 16.3. The van der Waals surface area contributed by atoms with Crippen molar-refractivity contribution in [2.24, 2.45) is 0 Å². The van der Waals surface area contributed by atoms with Gasteiger partial charge in [0.1, 0.15) is 0 Å². The maximum Gasteiger partial charge on any atom is 0.337 e. The lowest BCUT2D eigenvalue weighted by Crippen LogP contribution is -2.20. The highest BCUT2D eigenvalue weighted by Crippen LogP contribution is 2.05. The Morgan fingerprint density at radius 3 is 2.43 bits per heavy atom. The van der Waals surface area contributed by atoms with Gasteiger partial charge >= 0.3 is 5.97 Å². The van der Waals surface area contributed by atoms with Crippen LogP contribution < -0.4 is 4.89 Å². The summed E-state index contributed by atoms with van der Waals surface area (Å²) >= 11 is 0. The van der Waals surface area contributed by atoms with Crippen molar-refractivity contribution in [1.82, 2.24) is 9.87 Å². The molecule has 0 unspecified atom stereocenters. The minimum absolute atomic E-state index is 0.137. The molecule has 0 aliphatic carbocycles. The summed E-state index contributed by atoms with van der Waals surface area (Å²) in [6.07, 6.45) is 0.882. The third-order valence-electron chi connectivity index (χ3n) is 1.38. The van der Waals surface area contributed by atoms with Crippen molar-refractivity contribution >= 4 is 16.0 Å². The third kappa shape index (κ3) is 2.05. The van der Waals surface area contributed by atoms with Gasteiger partial charge in [-0.1, -0.05) is 4.89 Å². The first kappa shape index (κ1) is 10.6. The van der Waals surface area contributed by atoms with E-state index in [-0.39, 0.29) is 5.56 Å². The van der Waals surface area contributed by atoms with Gasteiger partial charge in [0.05, 0.1) is 5.56 Å². The van der Waals surface area contributed by atoms with E-state index < -0.39 is 21.0 Å². The second-order valence-corrected chi connectivity index (χ2v) is 3.89. The first-order chi connectivity index (χ1) is 6.47. The molecular formula is C6H6N2O5S. The lowest BCUT2D eigenvalue weighted by atomic mass is 10.3. The summed E-state index contributed by atoms with van der Waals surface area (Å²) in [4.78, 5) is 14.8. The van der Waals surface area contributed by atoms with Crippen LogP contribution in [-0.4, -0.2) is 29.7 Å². The molecule has 0 aliphatic heterocycles. The maximum atomic E-state index is 10.9. The van der Waals surface area contributed by atoms with E-state index >= 15 is 0 Å². The Hall–Kier alpha value is -1.51. The van der Waals surface area contributed by atoms with E-state index in [4.69, 9.17) is 10.3 Å². The van der Waals surface area contributed by atoms with Gasteiger partial charge in [-0.2, -0.15) is 0 Å². The minimum Gasteiger partial charge on any atom is -0.478 e. The van der Waals surface area contributed by atoms with Crippen molar-refractivity contribution in [2.75, 3.05) is 0 Å². The van der Waals surface area contributed by atoms with E-state index in [0.29, 0.717) is 0 Å². The van der Waals surface area contributed by atoms with Crippen LogP contribution in [0.25, 0.3) is 0 Å². The monoisotopic (exact) mass is 218 g/mol. The largest absolute Gasteiger partial charge is 0.478 e. The number of carboxylic acids is 1. The zero-order chi connectivity index (χ0) is 10.8. The molecule has 0 aliphatic rings.